The summed E-state index contributed by atoms with van der Waals surface area (Å²) < 4.78 is 42.9. The summed E-state index contributed by atoms with van der Waals surface area (Å²) in [5.41, 5.74) is 1.68. The van der Waals surface area contributed by atoms with Crippen LogP contribution in [0.2, 0.25) is 18.1 Å². The van der Waals surface area contributed by atoms with Crippen LogP contribution in [-0.4, -0.2) is 49.0 Å². The largest absolute Gasteiger partial charge is 0.414 e. The third kappa shape index (κ3) is 5.54. The molecule has 0 spiro atoms. The van der Waals surface area contributed by atoms with E-state index in [1.54, 1.807) is 42.6 Å². The molecular weight excluding hydrogens is 553 g/mol. The first kappa shape index (κ1) is 29.7. The van der Waals surface area contributed by atoms with Gasteiger partial charge in [0.15, 0.2) is 13.3 Å². The van der Waals surface area contributed by atoms with Gasteiger partial charge in [0.25, 0.3) is 0 Å². The predicted molar refractivity (Wildman–Crippen MR) is 165 cm³/mol. The molecule has 3 heterocycles. The molecule has 0 amide bonds. The number of aromatic amines is 1. The number of sulfone groups is 1. The van der Waals surface area contributed by atoms with Crippen LogP contribution in [0.25, 0.3) is 22.1 Å². The van der Waals surface area contributed by atoms with Gasteiger partial charge in [0.05, 0.1) is 17.0 Å². The van der Waals surface area contributed by atoms with Crippen molar-refractivity contribution < 1.29 is 17.6 Å². The summed E-state index contributed by atoms with van der Waals surface area (Å²) in [4.78, 5) is 13.0. The van der Waals surface area contributed by atoms with Crippen molar-refractivity contribution in [3.8, 4) is 0 Å². The van der Waals surface area contributed by atoms with Gasteiger partial charge in [0.1, 0.15) is 23.1 Å². The normalized spacial score (nSPS) is 19.6. The fourth-order valence-corrected chi connectivity index (χ4v) is 8.28. The first-order valence-corrected chi connectivity index (χ1v) is 18.8. The molecule has 1 saturated carbocycles. The van der Waals surface area contributed by atoms with Crippen LogP contribution in [0.15, 0.2) is 65.2 Å². The summed E-state index contributed by atoms with van der Waals surface area (Å²) in [7, 11) is -5.82. The Kier molecular flexibility index (Phi) is 8.06. The second-order valence-electron chi connectivity index (χ2n) is 12.6. The molecule has 1 N–H and O–H groups in total. The van der Waals surface area contributed by atoms with Crippen LogP contribution in [0.3, 0.4) is 0 Å². The Hall–Kier alpha value is -2.79. The molecule has 1 aliphatic rings. The van der Waals surface area contributed by atoms with Crippen LogP contribution in [0.1, 0.15) is 71.3 Å². The van der Waals surface area contributed by atoms with Crippen LogP contribution < -0.4 is 0 Å². The summed E-state index contributed by atoms with van der Waals surface area (Å²) in [6.07, 6.45) is 7.05. The maximum absolute atomic E-state index is 13.9. The van der Waals surface area contributed by atoms with Crippen molar-refractivity contribution in [2.75, 3.05) is 6.61 Å². The zero-order valence-electron chi connectivity index (χ0n) is 25.0. The molecule has 5 rings (SSSR count). The molecule has 10 heteroatoms. The van der Waals surface area contributed by atoms with Gasteiger partial charge in [-0.05, 0) is 68.9 Å². The zero-order chi connectivity index (χ0) is 29.6. The number of pyridine rings is 1. The van der Waals surface area contributed by atoms with Gasteiger partial charge >= 0.3 is 0 Å². The molecule has 1 aliphatic carbocycles. The van der Waals surface area contributed by atoms with E-state index in [0.717, 1.165) is 36.6 Å². The number of rotatable bonds is 9. The number of hydrogen-bond donors (Lipinski definition) is 1. The number of fused-ring (bicyclic) bond motifs is 3. The van der Waals surface area contributed by atoms with Crippen LogP contribution in [-0.2, 0) is 19.0 Å². The van der Waals surface area contributed by atoms with Gasteiger partial charge in [-0.1, -0.05) is 45.0 Å². The number of nitrogens with one attached hydrogen (secondary N) is 1. The van der Waals surface area contributed by atoms with E-state index in [9.17, 15) is 8.42 Å². The molecule has 3 aromatic heterocycles. The van der Waals surface area contributed by atoms with Gasteiger partial charge in [-0.25, -0.2) is 18.4 Å². The summed E-state index contributed by atoms with van der Waals surface area (Å²) in [5, 5.41) is 0.962. The Morgan fingerprint density at radius 3 is 2.44 bits per heavy atom. The highest BCUT2D eigenvalue weighted by Crippen LogP contribution is 2.43. The highest BCUT2D eigenvalue weighted by atomic mass is 32.2. The molecule has 0 saturated heterocycles. The highest BCUT2D eigenvalue weighted by molar-refractivity contribution is 7.91. The van der Waals surface area contributed by atoms with E-state index >= 15 is 0 Å². The lowest BCUT2D eigenvalue weighted by atomic mass is 9.92. The topological polar surface area (TPSA) is 99.1 Å². The zero-order valence-corrected chi connectivity index (χ0v) is 26.8. The minimum absolute atomic E-state index is 0.0421. The average molecular weight is 595 g/mol. The van der Waals surface area contributed by atoms with E-state index in [0.29, 0.717) is 23.6 Å². The standard InChI is InChI=1S/C31H42N4O4SSi/c1-8-20-38-21(2)29-33-26-27(35(29)22-14-16-23(17-15-22)39-41(6,7)31(3,4)5)25-18-19-32-28(25)34-30(26)40(36,37)24-12-10-9-11-13-24/h8-13,18-19,21-23H,1,14-17,20H2,2-7H3,(H,32,34)/t21-,22?,23?/m1/s1. The molecule has 0 unspecified atom stereocenters. The first-order chi connectivity index (χ1) is 19.3. The molecular formula is C31H42N4O4SSi. The van der Waals surface area contributed by atoms with Crippen LogP contribution in [0, 0.1) is 0 Å². The number of H-pyrrole nitrogens is 1. The van der Waals surface area contributed by atoms with Crippen molar-refractivity contribution in [1.82, 2.24) is 19.5 Å². The predicted octanol–water partition coefficient (Wildman–Crippen LogP) is 7.51. The van der Waals surface area contributed by atoms with E-state index < -0.39 is 18.2 Å². The molecule has 1 atom stereocenters. The van der Waals surface area contributed by atoms with Crippen LogP contribution >= 0.6 is 0 Å². The molecule has 1 aromatic carbocycles. The van der Waals surface area contributed by atoms with Gasteiger partial charge in [0, 0.05) is 23.7 Å². The third-order valence-electron chi connectivity index (χ3n) is 8.75. The molecule has 8 nitrogen and oxygen atoms in total. The molecule has 0 aliphatic heterocycles. The van der Waals surface area contributed by atoms with E-state index in [1.165, 1.54) is 0 Å². The van der Waals surface area contributed by atoms with Crippen molar-refractivity contribution in [3.05, 3.63) is 61.1 Å². The molecule has 41 heavy (non-hydrogen) atoms. The van der Waals surface area contributed by atoms with Gasteiger partial charge in [-0.15, -0.1) is 6.58 Å². The molecule has 0 bridgehead atoms. The Balaban J connectivity index is 1.63. The summed E-state index contributed by atoms with van der Waals surface area (Å²) in [5.74, 6) is 0.704. The van der Waals surface area contributed by atoms with E-state index in [1.807, 2.05) is 13.0 Å². The van der Waals surface area contributed by atoms with E-state index in [-0.39, 0.29) is 33.2 Å². The van der Waals surface area contributed by atoms with E-state index in [4.69, 9.17) is 14.1 Å². The Labute approximate surface area is 244 Å². The van der Waals surface area contributed by atoms with Crippen molar-refractivity contribution in [2.45, 2.75) is 99.7 Å². The lowest BCUT2D eigenvalue weighted by Gasteiger charge is -2.41. The number of hydrogen-bond acceptors (Lipinski definition) is 6. The van der Waals surface area contributed by atoms with Crippen molar-refractivity contribution in [2.24, 2.45) is 0 Å². The lowest BCUT2D eigenvalue weighted by molar-refractivity contribution is 0.0741. The second kappa shape index (κ2) is 11.1. The van der Waals surface area contributed by atoms with Crippen molar-refractivity contribution >= 4 is 40.2 Å². The minimum Gasteiger partial charge on any atom is -0.414 e. The second-order valence-corrected chi connectivity index (χ2v) is 19.2. The first-order valence-electron chi connectivity index (χ1n) is 14.4. The number of nitrogens with zero attached hydrogens (tertiary/aromatic N) is 3. The van der Waals surface area contributed by atoms with Gasteiger partial charge < -0.3 is 18.7 Å². The number of imidazole rings is 1. The maximum atomic E-state index is 13.9. The lowest BCUT2D eigenvalue weighted by Crippen LogP contribution is -2.44. The average Bonchev–Trinajstić information content (AvgIpc) is 3.56. The Morgan fingerprint density at radius 2 is 1.80 bits per heavy atom. The Bertz CT molecular complexity index is 1650. The summed E-state index contributed by atoms with van der Waals surface area (Å²) in [6.45, 7) is 17.6. The van der Waals surface area contributed by atoms with E-state index in [2.05, 4.69) is 55.0 Å². The molecule has 0 radical (unpaired) electrons. The molecule has 4 aromatic rings. The minimum atomic E-state index is -3.93. The molecule has 1 fully saturated rings. The van der Waals surface area contributed by atoms with Crippen molar-refractivity contribution in [1.29, 1.82) is 0 Å². The monoisotopic (exact) mass is 594 g/mol. The Morgan fingerprint density at radius 1 is 1.12 bits per heavy atom. The number of aromatic nitrogens is 4. The van der Waals surface area contributed by atoms with Gasteiger partial charge in [-0.2, -0.15) is 0 Å². The third-order valence-corrected chi connectivity index (χ3v) is 15.0. The fraction of sp³-hybridized carbons (Fsp3) is 0.484. The quantitative estimate of drug-likeness (QED) is 0.159. The van der Waals surface area contributed by atoms with Crippen LogP contribution in [0.5, 0.6) is 0 Å². The van der Waals surface area contributed by atoms with Gasteiger partial charge in [0.2, 0.25) is 9.84 Å². The van der Waals surface area contributed by atoms with Crippen LogP contribution in [0.4, 0.5) is 0 Å². The fourth-order valence-electron chi connectivity index (χ4n) is 5.51. The highest BCUT2D eigenvalue weighted by Gasteiger charge is 2.40. The molecule has 220 valence electrons. The maximum Gasteiger partial charge on any atom is 0.226 e. The van der Waals surface area contributed by atoms with Gasteiger partial charge in [-0.3, -0.25) is 0 Å². The van der Waals surface area contributed by atoms with Crippen molar-refractivity contribution in [3.63, 3.8) is 0 Å². The summed E-state index contributed by atoms with van der Waals surface area (Å²) >= 11 is 0. The smallest absolute Gasteiger partial charge is 0.226 e. The number of ether oxygens (including phenoxy) is 1. The number of benzene rings is 1. The SMILES string of the molecule is C=CCO[C@H](C)c1nc2c(S(=O)(=O)c3ccccc3)nc3[nH]ccc3c2n1C1CCC(O[Si](C)(C)C(C)(C)C)CC1. The summed E-state index contributed by atoms with van der Waals surface area (Å²) in [6, 6.07) is 10.5.